The van der Waals surface area contributed by atoms with Gasteiger partial charge in [0.25, 0.3) is 0 Å². The Hall–Kier alpha value is 0.0500. The zero-order valence-corrected chi connectivity index (χ0v) is 9.99. The van der Waals surface area contributed by atoms with Gasteiger partial charge in [0.1, 0.15) is 0 Å². The highest BCUT2D eigenvalue weighted by molar-refractivity contribution is 7.99. The minimum Gasteiger partial charge on any atom is -0.316 e. The summed E-state index contributed by atoms with van der Waals surface area (Å²) in [6.07, 6.45) is 5.59. The van der Waals surface area contributed by atoms with Crippen LogP contribution in [0.4, 0.5) is 0 Å². The molecule has 13 heavy (non-hydrogen) atoms. The lowest BCUT2D eigenvalue weighted by molar-refractivity contribution is 0.578. The van der Waals surface area contributed by atoms with Crippen molar-refractivity contribution in [2.24, 2.45) is 0 Å². The first kappa shape index (κ1) is 13.1. The monoisotopic (exact) mass is 201 g/mol. The molecule has 2 atom stereocenters. The highest BCUT2D eigenvalue weighted by Crippen LogP contribution is 2.16. The molecule has 0 aliphatic heterocycles. The Morgan fingerprint density at radius 2 is 2.23 bits per heavy atom. The number of thioether (sulfide) groups is 1. The van der Waals surface area contributed by atoms with Gasteiger partial charge in [-0.05, 0) is 26.3 Å². The summed E-state index contributed by atoms with van der Waals surface area (Å²) in [5.41, 5.74) is 0. The largest absolute Gasteiger partial charge is 0.316 e. The predicted octanol–water partition coefficient (Wildman–Crippen LogP) is 3.07. The van der Waals surface area contributed by atoms with Gasteiger partial charge < -0.3 is 5.32 Å². The second-order valence-corrected chi connectivity index (χ2v) is 4.88. The van der Waals surface area contributed by atoms with Gasteiger partial charge in [-0.3, -0.25) is 0 Å². The maximum absolute atomic E-state index is 3.74. The lowest BCUT2D eigenvalue weighted by Gasteiger charge is -2.17. The summed E-state index contributed by atoms with van der Waals surface area (Å²) in [6, 6.07) is 0.650. The Morgan fingerprint density at radius 1 is 1.54 bits per heavy atom. The van der Waals surface area contributed by atoms with Gasteiger partial charge in [-0.1, -0.05) is 19.9 Å². The third kappa shape index (κ3) is 7.15. The van der Waals surface area contributed by atoms with Crippen LogP contribution in [-0.2, 0) is 0 Å². The van der Waals surface area contributed by atoms with Crippen LogP contribution >= 0.6 is 11.8 Å². The van der Waals surface area contributed by atoms with Crippen molar-refractivity contribution in [2.45, 2.75) is 44.4 Å². The van der Waals surface area contributed by atoms with Crippen LogP contribution in [0.5, 0.6) is 0 Å². The standard InChI is InChI=1S/C11H23NS/c1-5-7-8-11(12-4)9-13-10(3)6-2/h5,10-12H,1,6-9H2,2-4H3. The van der Waals surface area contributed by atoms with E-state index in [2.05, 4.69) is 37.5 Å². The molecular formula is C11H23NS. The minimum atomic E-state index is 0.650. The summed E-state index contributed by atoms with van der Waals surface area (Å²) in [7, 11) is 2.05. The summed E-state index contributed by atoms with van der Waals surface area (Å²) < 4.78 is 0. The Morgan fingerprint density at radius 3 is 2.69 bits per heavy atom. The van der Waals surface area contributed by atoms with E-state index in [1.807, 2.05) is 13.1 Å². The molecule has 0 radical (unpaired) electrons. The first-order chi connectivity index (χ1) is 6.24. The van der Waals surface area contributed by atoms with Crippen LogP contribution in [0.25, 0.3) is 0 Å². The molecule has 0 aliphatic rings. The van der Waals surface area contributed by atoms with Gasteiger partial charge in [0, 0.05) is 17.0 Å². The van der Waals surface area contributed by atoms with Crippen molar-refractivity contribution >= 4 is 11.8 Å². The zero-order valence-electron chi connectivity index (χ0n) is 9.18. The molecule has 0 aromatic rings. The van der Waals surface area contributed by atoms with Crippen molar-refractivity contribution in [1.82, 2.24) is 5.32 Å². The molecule has 0 rings (SSSR count). The van der Waals surface area contributed by atoms with E-state index in [1.54, 1.807) is 0 Å². The fraction of sp³-hybridized carbons (Fsp3) is 0.818. The minimum absolute atomic E-state index is 0.650. The van der Waals surface area contributed by atoms with E-state index < -0.39 is 0 Å². The highest BCUT2D eigenvalue weighted by Gasteiger charge is 2.07. The smallest absolute Gasteiger partial charge is 0.0158 e. The molecule has 0 heterocycles. The van der Waals surface area contributed by atoms with Crippen LogP contribution < -0.4 is 5.32 Å². The molecule has 0 aromatic heterocycles. The third-order valence-corrected chi connectivity index (χ3v) is 3.78. The second-order valence-electron chi connectivity index (χ2n) is 3.40. The van der Waals surface area contributed by atoms with Gasteiger partial charge >= 0.3 is 0 Å². The summed E-state index contributed by atoms with van der Waals surface area (Å²) in [6.45, 7) is 8.29. The third-order valence-electron chi connectivity index (χ3n) is 2.28. The molecule has 78 valence electrons. The summed E-state index contributed by atoms with van der Waals surface area (Å²) in [4.78, 5) is 0. The Kier molecular flexibility index (Phi) is 8.67. The maximum atomic E-state index is 3.74. The number of hydrogen-bond donors (Lipinski definition) is 1. The normalized spacial score (nSPS) is 15.3. The number of nitrogens with one attached hydrogen (secondary N) is 1. The van der Waals surface area contributed by atoms with Crippen molar-refractivity contribution in [3.05, 3.63) is 12.7 Å². The SMILES string of the molecule is C=CCCC(CSC(C)CC)NC. The molecule has 0 spiro atoms. The van der Waals surface area contributed by atoms with Crippen molar-refractivity contribution < 1.29 is 0 Å². The Bertz CT molecular complexity index is 125. The quantitative estimate of drug-likeness (QED) is 0.606. The molecule has 0 fully saturated rings. The van der Waals surface area contributed by atoms with Crippen LogP contribution in [0, 0.1) is 0 Å². The van der Waals surface area contributed by atoms with Gasteiger partial charge in [0.05, 0.1) is 0 Å². The second kappa shape index (κ2) is 8.64. The van der Waals surface area contributed by atoms with Crippen LogP contribution in [0.2, 0.25) is 0 Å². The molecule has 1 N–H and O–H groups in total. The van der Waals surface area contributed by atoms with E-state index in [4.69, 9.17) is 0 Å². The molecule has 0 saturated carbocycles. The molecule has 0 saturated heterocycles. The van der Waals surface area contributed by atoms with Crippen molar-refractivity contribution in [2.75, 3.05) is 12.8 Å². The zero-order chi connectivity index (χ0) is 10.1. The van der Waals surface area contributed by atoms with Crippen molar-refractivity contribution in [3.63, 3.8) is 0 Å². The van der Waals surface area contributed by atoms with Gasteiger partial charge in [-0.2, -0.15) is 11.8 Å². The van der Waals surface area contributed by atoms with Crippen LogP contribution in [0.1, 0.15) is 33.1 Å². The number of rotatable bonds is 8. The highest BCUT2D eigenvalue weighted by atomic mass is 32.2. The Labute approximate surface area is 87.4 Å². The molecule has 1 nitrogen and oxygen atoms in total. The first-order valence-corrected chi connectivity index (χ1v) is 6.19. The average Bonchev–Trinajstić information content (AvgIpc) is 2.17. The van der Waals surface area contributed by atoms with Gasteiger partial charge in [0.2, 0.25) is 0 Å². The van der Waals surface area contributed by atoms with E-state index in [0.717, 1.165) is 11.7 Å². The number of allylic oxidation sites excluding steroid dienone is 1. The molecule has 2 heteroatoms. The molecule has 0 aromatic carbocycles. The summed E-state index contributed by atoms with van der Waals surface area (Å²) in [5, 5.41) is 4.14. The Balaban J connectivity index is 3.52. The van der Waals surface area contributed by atoms with Crippen LogP contribution in [0.3, 0.4) is 0 Å². The number of hydrogen-bond acceptors (Lipinski definition) is 2. The van der Waals surface area contributed by atoms with Crippen LogP contribution in [0.15, 0.2) is 12.7 Å². The lowest BCUT2D eigenvalue weighted by atomic mass is 10.2. The van der Waals surface area contributed by atoms with Gasteiger partial charge in [-0.25, -0.2) is 0 Å². The van der Waals surface area contributed by atoms with Crippen LogP contribution in [-0.4, -0.2) is 24.1 Å². The summed E-state index contributed by atoms with van der Waals surface area (Å²) in [5.74, 6) is 1.22. The van der Waals surface area contributed by atoms with Gasteiger partial charge in [-0.15, -0.1) is 6.58 Å². The average molecular weight is 201 g/mol. The van der Waals surface area contributed by atoms with E-state index in [-0.39, 0.29) is 0 Å². The molecular weight excluding hydrogens is 178 g/mol. The maximum Gasteiger partial charge on any atom is 0.0158 e. The van der Waals surface area contributed by atoms with Gasteiger partial charge in [0.15, 0.2) is 0 Å². The molecule has 0 bridgehead atoms. The summed E-state index contributed by atoms with van der Waals surface area (Å²) >= 11 is 2.06. The van der Waals surface area contributed by atoms with E-state index in [0.29, 0.717) is 6.04 Å². The van der Waals surface area contributed by atoms with E-state index >= 15 is 0 Å². The van der Waals surface area contributed by atoms with Crippen molar-refractivity contribution in [3.8, 4) is 0 Å². The fourth-order valence-corrected chi connectivity index (χ4v) is 2.16. The lowest BCUT2D eigenvalue weighted by Crippen LogP contribution is -2.28. The molecule has 2 unspecified atom stereocenters. The predicted molar refractivity (Wildman–Crippen MR) is 64.5 cm³/mol. The van der Waals surface area contributed by atoms with E-state index in [1.165, 1.54) is 18.6 Å². The molecule has 0 aliphatic carbocycles. The topological polar surface area (TPSA) is 12.0 Å². The van der Waals surface area contributed by atoms with E-state index in [9.17, 15) is 0 Å². The van der Waals surface area contributed by atoms with Crippen molar-refractivity contribution in [1.29, 1.82) is 0 Å². The fourth-order valence-electron chi connectivity index (χ4n) is 1.03. The first-order valence-electron chi connectivity index (χ1n) is 5.14. The molecule has 0 amide bonds.